The van der Waals surface area contributed by atoms with Crippen LogP contribution in [0, 0.1) is 6.92 Å². The van der Waals surface area contributed by atoms with Crippen molar-refractivity contribution in [1.82, 2.24) is 5.32 Å². The van der Waals surface area contributed by atoms with Gasteiger partial charge in [-0.15, -0.1) is 0 Å². The zero-order valence-electron chi connectivity index (χ0n) is 16.7. The van der Waals surface area contributed by atoms with E-state index in [0.717, 1.165) is 23.8 Å². The summed E-state index contributed by atoms with van der Waals surface area (Å²) in [5.41, 5.74) is 2.52. The number of hydrogen-bond acceptors (Lipinski definition) is 4. The van der Waals surface area contributed by atoms with E-state index in [-0.39, 0.29) is 24.9 Å². The van der Waals surface area contributed by atoms with E-state index in [2.05, 4.69) is 5.32 Å². The van der Waals surface area contributed by atoms with Gasteiger partial charge in [0.15, 0.2) is 6.10 Å². The third-order valence-corrected chi connectivity index (χ3v) is 6.37. The van der Waals surface area contributed by atoms with E-state index in [1.54, 1.807) is 18.2 Å². The molecule has 1 aliphatic rings. The summed E-state index contributed by atoms with van der Waals surface area (Å²) >= 11 is 6.05. The first kappa shape index (κ1) is 21.5. The van der Waals surface area contributed by atoms with Crippen LogP contribution in [0.5, 0.6) is 5.75 Å². The molecule has 8 heteroatoms. The van der Waals surface area contributed by atoms with Gasteiger partial charge in [-0.1, -0.05) is 48.4 Å². The largest absolute Gasteiger partial charge is 0.478 e. The van der Waals surface area contributed by atoms with Gasteiger partial charge >= 0.3 is 0 Å². The number of nitrogens with zero attached hydrogens (tertiary/aromatic N) is 1. The first-order valence-corrected chi connectivity index (χ1v) is 11.7. The zero-order valence-corrected chi connectivity index (χ0v) is 18.3. The number of sulfonamides is 1. The number of ether oxygens (including phenoxy) is 1. The first-order valence-electron chi connectivity index (χ1n) is 9.50. The molecular formula is C21H25ClN2O4S. The molecule has 1 amide bonds. The van der Waals surface area contributed by atoms with E-state index in [9.17, 15) is 13.2 Å². The van der Waals surface area contributed by atoms with E-state index in [1.165, 1.54) is 4.31 Å². The lowest BCUT2D eigenvalue weighted by Gasteiger charge is -2.22. The molecule has 2 aromatic carbocycles. The van der Waals surface area contributed by atoms with Crippen LogP contribution in [-0.2, 0) is 14.8 Å². The summed E-state index contributed by atoms with van der Waals surface area (Å²) in [4.78, 5) is 13.0. The number of carbonyl (C=O) groups excluding carboxylic acids is 1. The predicted octanol–water partition coefficient (Wildman–Crippen LogP) is 3.83. The van der Waals surface area contributed by atoms with Crippen molar-refractivity contribution >= 4 is 33.2 Å². The molecule has 29 heavy (non-hydrogen) atoms. The second kappa shape index (κ2) is 8.63. The zero-order chi connectivity index (χ0) is 21.2. The van der Waals surface area contributed by atoms with Crippen molar-refractivity contribution in [3.63, 3.8) is 0 Å². The highest BCUT2D eigenvalue weighted by atomic mass is 35.5. The van der Waals surface area contributed by atoms with Crippen molar-refractivity contribution in [2.45, 2.75) is 38.8 Å². The number of aryl methyl sites for hydroxylation is 1. The Morgan fingerprint density at radius 1 is 1.28 bits per heavy atom. The normalized spacial score (nSPS) is 17.7. The molecule has 0 radical (unpaired) electrons. The molecule has 0 aromatic heterocycles. The minimum atomic E-state index is -3.54. The fourth-order valence-corrected chi connectivity index (χ4v) is 4.47. The van der Waals surface area contributed by atoms with Gasteiger partial charge in [-0.2, -0.15) is 0 Å². The predicted molar refractivity (Wildman–Crippen MR) is 115 cm³/mol. The number of rotatable bonds is 5. The average Bonchev–Trinajstić information content (AvgIpc) is 2.86. The molecule has 0 fully saturated rings. The third kappa shape index (κ3) is 5.03. The average molecular weight is 437 g/mol. The SMILES string of the molecule is CCC(NC(=O)C1CCN(S(C)(=O)=O)c2cc(Cl)ccc2O1)c1ccc(C)cc1. The van der Waals surface area contributed by atoms with Crippen LogP contribution in [0.4, 0.5) is 5.69 Å². The van der Waals surface area contributed by atoms with E-state index in [4.69, 9.17) is 16.3 Å². The molecule has 1 N–H and O–H groups in total. The molecule has 0 aliphatic carbocycles. The minimum Gasteiger partial charge on any atom is -0.478 e. The number of benzene rings is 2. The lowest BCUT2D eigenvalue weighted by molar-refractivity contribution is -0.128. The first-order chi connectivity index (χ1) is 13.7. The van der Waals surface area contributed by atoms with Crippen LogP contribution < -0.4 is 14.4 Å². The summed E-state index contributed by atoms with van der Waals surface area (Å²) in [5, 5.41) is 3.44. The number of nitrogens with one attached hydrogen (secondary N) is 1. The van der Waals surface area contributed by atoms with Crippen LogP contribution >= 0.6 is 11.6 Å². The van der Waals surface area contributed by atoms with Crippen molar-refractivity contribution in [2.24, 2.45) is 0 Å². The quantitative estimate of drug-likeness (QED) is 0.772. The van der Waals surface area contributed by atoms with Gasteiger partial charge in [-0.25, -0.2) is 8.42 Å². The maximum atomic E-state index is 13.0. The lowest BCUT2D eigenvalue weighted by atomic mass is 10.0. The molecule has 156 valence electrons. The number of carbonyl (C=O) groups is 1. The fourth-order valence-electron chi connectivity index (χ4n) is 3.37. The Hall–Kier alpha value is -2.25. The van der Waals surface area contributed by atoms with E-state index in [0.29, 0.717) is 16.5 Å². The summed E-state index contributed by atoms with van der Waals surface area (Å²) in [6.07, 6.45) is 1.28. The van der Waals surface area contributed by atoms with Crippen molar-refractivity contribution < 1.29 is 17.9 Å². The van der Waals surface area contributed by atoms with Crippen molar-refractivity contribution in [3.05, 3.63) is 58.6 Å². The van der Waals surface area contributed by atoms with Crippen LogP contribution in [0.15, 0.2) is 42.5 Å². The number of hydrogen-bond donors (Lipinski definition) is 1. The fraction of sp³-hybridized carbons (Fsp3) is 0.381. The van der Waals surface area contributed by atoms with Gasteiger partial charge in [0.05, 0.1) is 18.0 Å². The number of amides is 1. The van der Waals surface area contributed by atoms with Crippen LogP contribution in [-0.4, -0.2) is 33.2 Å². The summed E-state index contributed by atoms with van der Waals surface area (Å²) in [7, 11) is -3.54. The summed E-state index contributed by atoms with van der Waals surface area (Å²) in [5.74, 6) is 0.0505. The highest BCUT2D eigenvalue weighted by Crippen LogP contribution is 2.36. The Bertz CT molecular complexity index is 992. The Balaban J connectivity index is 1.83. The lowest BCUT2D eigenvalue weighted by Crippen LogP contribution is -2.41. The van der Waals surface area contributed by atoms with Gasteiger partial charge in [0, 0.05) is 18.0 Å². The molecule has 2 atom stereocenters. The molecule has 0 saturated heterocycles. The van der Waals surface area contributed by atoms with Crippen LogP contribution in [0.1, 0.15) is 36.9 Å². The second-order valence-electron chi connectivity index (χ2n) is 7.22. The van der Waals surface area contributed by atoms with Crippen LogP contribution in [0.3, 0.4) is 0 Å². The van der Waals surface area contributed by atoms with Gasteiger partial charge in [0.1, 0.15) is 5.75 Å². The Morgan fingerprint density at radius 2 is 1.97 bits per heavy atom. The van der Waals surface area contributed by atoms with Crippen LogP contribution in [0.2, 0.25) is 5.02 Å². The standard InChI is InChI=1S/C21H25ClN2O4S/c1-4-17(15-7-5-14(2)6-8-15)23-21(25)20-11-12-24(29(3,26)27)18-13-16(22)9-10-19(18)28-20/h5-10,13,17,20H,4,11-12H2,1-3H3,(H,23,25). The molecule has 2 unspecified atom stereocenters. The Morgan fingerprint density at radius 3 is 2.59 bits per heavy atom. The monoisotopic (exact) mass is 436 g/mol. The highest BCUT2D eigenvalue weighted by Gasteiger charge is 2.32. The van der Waals surface area contributed by atoms with E-state index >= 15 is 0 Å². The van der Waals surface area contributed by atoms with Crippen molar-refractivity contribution in [1.29, 1.82) is 0 Å². The van der Waals surface area contributed by atoms with Gasteiger partial charge < -0.3 is 10.1 Å². The Kier molecular flexibility index (Phi) is 6.39. The third-order valence-electron chi connectivity index (χ3n) is 4.95. The molecule has 3 rings (SSSR count). The molecule has 0 spiro atoms. The highest BCUT2D eigenvalue weighted by molar-refractivity contribution is 7.92. The Labute approximate surface area is 176 Å². The maximum Gasteiger partial charge on any atom is 0.261 e. The summed E-state index contributed by atoms with van der Waals surface area (Å²) < 4.78 is 31.7. The smallest absolute Gasteiger partial charge is 0.261 e. The molecule has 0 saturated carbocycles. The number of fused-ring (bicyclic) bond motifs is 1. The van der Waals surface area contributed by atoms with Crippen LogP contribution in [0.25, 0.3) is 0 Å². The van der Waals surface area contributed by atoms with Gasteiger partial charge in [-0.3, -0.25) is 9.10 Å². The molecule has 2 aromatic rings. The topological polar surface area (TPSA) is 75.7 Å². The van der Waals surface area contributed by atoms with Gasteiger partial charge in [0.25, 0.3) is 5.91 Å². The number of halogens is 1. The number of anilines is 1. The molecule has 1 heterocycles. The minimum absolute atomic E-state index is 0.131. The molecule has 0 bridgehead atoms. The van der Waals surface area contributed by atoms with Gasteiger partial charge in [0.2, 0.25) is 10.0 Å². The summed E-state index contributed by atoms with van der Waals surface area (Å²) in [6.45, 7) is 4.15. The van der Waals surface area contributed by atoms with E-state index in [1.807, 2.05) is 38.1 Å². The van der Waals surface area contributed by atoms with Crippen molar-refractivity contribution in [2.75, 3.05) is 17.1 Å². The van der Waals surface area contributed by atoms with Gasteiger partial charge in [-0.05, 0) is 37.1 Å². The second-order valence-corrected chi connectivity index (χ2v) is 9.57. The molecular weight excluding hydrogens is 412 g/mol. The van der Waals surface area contributed by atoms with Crippen molar-refractivity contribution in [3.8, 4) is 5.75 Å². The molecule has 1 aliphatic heterocycles. The van der Waals surface area contributed by atoms with E-state index < -0.39 is 16.1 Å². The molecule has 6 nitrogen and oxygen atoms in total. The summed E-state index contributed by atoms with van der Waals surface area (Å²) in [6, 6.07) is 12.6. The maximum absolute atomic E-state index is 13.0.